The average Bonchev–Trinajstić information content (AvgIpc) is 2.66. The third-order valence-corrected chi connectivity index (χ3v) is 6.33. The van der Waals surface area contributed by atoms with Crippen LogP contribution >= 0.6 is 7.82 Å². The van der Waals surface area contributed by atoms with E-state index in [0.29, 0.717) is 19.4 Å². The number of unbranched alkanes of at least 4 members (excludes halogenated alkanes) is 13. The van der Waals surface area contributed by atoms with Crippen molar-refractivity contribution in [2.45, 2.75) is 136 Å². The van der Waals surface area contributed by atoms with Gasteiger partial charge in [0.2, 0.25) is 5.91 Å². The Labute approximate surface area is 191 Å². The Morgan fingerprint density at radius 3 is 1.84 bits per heavy atom. The van der Waals surface area contributed by atoms with E-state index in [2.05, 4.69) is 12.2 Å². The fraction of sp³-hybridized carbons (Fsp3) is 0.958. The van der Waals surface area contributed by atoms with Crippen molar-refractivity contribution in [2.24, 2.45) is 0 Å². The number of nitrogens with one attached hydrogen (secondary N) is 1. The summed E-state index contributed by atoms with van der Waals surface area (Å²) < 4.78 is 21.7. The lowest BCUT2D eigenvalue weighted by Crippen LogP contribution is -2.23. The highest BCUT2D eigenvalue weighted by Crippen LogP contribution is 2.47. The van der Waals surface area contributed by atoms with Gasteiger partial charge in [0, 0.05) is 13.0 Å². The van der Waals surface area contributed by atoms with E-state index >= 15 is 0 Å². The van der Waals surface area contributed by atoms with Gasteiger partial charge in [-0.2, -0.15) is 0 Å². The molecule has 1 atom stereocenters. The van der Waals surface area contributed by atoms with Crippen LogP contribution in [0.25, 0.3) is 0 Å². The lowest BCUT2D eigenvalue weighted by atomic mass is 10.1. The fourth-order valence-corrected chi connectivity index (χ4v) is 4.50. The second kappa shape index (κ2) is 19.1. The second-order valence-corrected chi connectivity index (χ2v) is 10.9. The fourth-order valence-electron chi connectivity index (χ4n) is 3.40. The van der Waals surface area contributed by atoms with Crippen molar-refractivity contribution < 1.29 is 23.3 Å². The molecule has 1 amide bonds. The van der Waals surface area contributed by atoms with Gasteiger partial charge in [0.05, 0.1) is 12.2 Å². The van der Waals surface area contributed by atoms with Gasteiger partial charge in [-0.05, 0) is 40.0 Å². The summed E-state index contributed by atoms with van der Waals surface area (Å²) in [5.74, 6) is 0.153. The van der Waals surface area contributed by atoms with Crippen molar-refractivity contribution in [3.05, 3.63) is 0 Å². The molecule has 0 saturated carbocycles. The maximum Gasteiger partial charge on any atom is 0.472 e. The summed E-state index contributed by atoms with van der Waals surface area (Å²) in [6.45, 7) is 8.29. The standard InChI is InChI=1S/C24H50NO5P/c1-5-6-7-8-9-10-11-12-13-14-17-20-23(26)25-21-18-15-16-19-22-29-31(27,28)30-24(2,3)4/h5-22H2,1-4H3,(H,25,26)(H,27,28). The zero-order chi connectivity index (χ0) is 23.4. The van der Waals surface area contributed by atoms with E-state index < -0.39 is 13.4 Å². The highest BCUT2D eigenvalue weighted by molar-refractivity contribution is 7.47. The summed E-state index contributed by atoms with van der Waals surface area (Å²) in [5, 5.41) is 2.98. The van der Waals surface area contributed by atoms with Crippen LogP contribution in [0.1, 0.15) is 130 Å². The largest absolute Gasteiger partial charge is 0.472 e. The Morgan fingerprint density at radius 1 is 0.806 bits per heavy atom. The molecular weight excluding hydrogens is 413 g/mol. The molecule has 0 saturated heterocycles. The molecule has 0 bridgehead atoms. The highest BCUT2D eigenvalue weighted by atomic mass is 31.2. The molecule has 2 N–H and O–H groups in total. The van der Waals surface area contributed by atoms with E-state index in [9.17, 15) is 14.3 Å². The van der Waals surface area contributed by atoms with Crippen LogP contribution in [-0.2, 0) is 18.4 Å². The Kier molecular flexibility index (Phi) is 18.8. The zero-order valence-electron chi connectivity index (χ0n) is 20.8. The lowest BCUT2D eigenvalue weighted by Gasteiger charge is -2.22. The first-order valence-electron chi connectivity index (χ1n) is 12.6. The number of phosphoric acid groups is 1. The van der Waals surface area contributed by atoms with Crippen LogP contribution in [0, 0.1) is 0 Å². The van der Waals surface area contributed by atoms with Gasteiger partial charge in [-0.1, -0.05) is 84.0 Å². The molecule has 6 nitrogen and oxygen atoms in total. The molecule has 0 aromatic rings. The molecule has 0 rings (SSSR count). The van der Waals surface area contributed by atoms with Crippen LogP contribution in [0.4, 0.5) is 0 Å². The van der Waals surface area contributed by atoms with E-state index in [1.165, 1.54) is 57.8 Å². The first-order valence-corrected chi connectivity index (χ1v) is 14.1. The maximum absolute atomic E-state index is 11.9. The third-order valence-electron chi connectivity index (χ3n) is 5.04. The molecule has 0 aliphatic rings. The molecule has 7 heteroatoms. The summed E-state index contributed by atoms with van der Waals surface area (Å²) >= 11 is 0. The Bertz CT molecular complexity index is 479. The SMILES string of the molecule is CCCCCCCCCCCCCC(=O)NCCCCCCOP(=O)(O)OC(C)(C)C. The quantitative estimate of drug-likeness (QED) is 0.138. The van der Waals surface area contributed by atoms with Gasteiger partial charge in [0.25, 0.3) is 0 Å². The molecule has 186 valence electrons. The van der Waals surface area contributed by atoms with Crippen LogP contribution in [-0.4, -0.2) is 29.6 Å². The maximum atomic E-state index is 11.9. The average molecular weight is 464 g/mol. The van der Waals surface area contributed by atoms with Gasteiger partial charge in [0.15, 0.2) is 0 Å². The monoisotopic (exact) mass is 463 g/mol. The normalized spacial score (nSPS) is 13.8. The summed E-state index contributed by atoms with van der Waals surface area (Å²) in [6, 6.07) is 0. The number of carbonyl (C=O) groups excluding carboxylic acids is 1. The first kappa shape index (κ1) is 30.6. The number of rotatable bonds is 21. The number of phosphoric ester groups is 1. The van der Waals surface area contributed by atoms with Crippen molar-refractivity contribution in [1.82, 2.24) is 5.32 Å². The van der Waals surface area contributed by atoms with Gasteiger partial charge >= 0.3 is 7.82 Å². The highest BCUT2D eigenvalue weighted by Gasteiger charge is 2.28. The lowest BCUT2D eigenvalue weighted by molar-refractivity contribution is -0.121. The van der Waals surface area contributed by atoms with Gasteiger partial charge < -0.3 is 10.2 Å². The topological polar surface area (TPSA) is 84.9 Å². The van der Waals surface area contributed by atoms with E-state index in [4.69, 9.17) is 9.05 Å². The summed E-state index contributed by atoms with van der Waals surface area (Å²) in [5.41, 5.74) is -0.712. The summed E-state index contributed by atoms with van der Waals surface area (Å²) in [6.07, 6.45) is 18.3. The Balaban J connectivity index is 3.37. The molecule has 0 aromatic heterocycles. The predicted molar refractivity (Wildman–Crippen MR) is 129 cm³/mol. The van der Waals surface area contributed by atoms with E-state index in [-0.39, 0.29) is 12.5 Å². The van der Waals surface area contributed by atoms with Crippen molar-refractivity contribution >= 4 is 13.7 Å². The molecule has 0 fully saturated rings. The van der Waals surface area contributed by atoms with E-state index in [1.807, 2.05) is 0 Å². The third kappa shape index (κ3) is 24.1. The minimum atomic E-state index is -3.97. The van der Waals surface area contributed by atoms with Crippen LogP contribution in [0.2, 0.25) is 0 Å². The molecule has 0 aliphatic heterocycles. The molecule has 0 radical (unpaired) electrons. The van der Waals surface area contributed by atoms with Crippen LogP contribution in [0.5, 0.6) is 0 Å². The van der Waals surface area contributed by atoms with Crippen molar-refractivity contribution in [3.63, 3.8) is 0 Å². The summed E-state index contributed by atoms with van der Waals surface area (Å²) in [4.78, 5) is 21.5. The van der Waals surface area contributed by atoms with E-state index in [0.717, 1.165) is 32.1 Å². The number of hydrogen-bond acceptors (Lipinski definition) is 4. The molecule has 0 heterocycles. The Morgan fingerprint density at radius 2 is 1.29 bits per heavy atom. The number of hydrogen-bond donors (Lipinski definition) is 2. The van der Waals surface area contributed by atoms with E-state index in [1.54, 1.807) is 20.8 Å². The van der Waals surface area contributed by atoms with Gasteiger partial charge in [-0.15, -0.1) is 0 Å². The van der Waals surface area contributed by atoms with Crippen LogP contribution in [0.3, 0.4) is 0 Å². The van der Waals surface area contributed by atoms with Crippen molar-refractivity contribution in [3.8, 4) is 0 Å². The molecule has 0 aromatic carbocycles. The molecular formula is C24H50NO5P. The van der Waals surface area contributed by atoms with Crippen molar-refractivity contribution in [2.75, 3.05) is 13.2 Å². The molecule has 0 aliphatic carbocycles. The smallest absolute Gasteiger partial charge is 0.356 e. The second-order valence-electron chi connectivity index (χ2n) is 9.56. The first-order chi connectivity index (χ1) is 14.7. The minimum absolute atomic E-state index is 0.153. The van der Waals surface area contributed by atoms with Gasteiger partial charge in [-0.3, -0.25) is 13.8 Å². The molecule has 0 spiro atoms. The van der Waals surface area contributed by atoms with Crippen molar-refractivity contribution in [1.29, 1.82) is 0 Å². The summed E-state index contributed by atoms with van der Waals surface area (Å²) in [7, 11) is -3.97. The number of carbonyl (C=O) groups is 1. The van der Waals surface area contributed by atoms with Gasteiger partial charge in [0.1, 0.15) is 0 Å². The van der Waals surface area contributed by atoms with Crippen LogP contribution in [0.15, 0.2) is 0 Å². The predicted octanol–water partition coefficient (Wildman–Crippen LogP) is 7.30. The minimum Gasteiger partial charge on any atom is -0.356 e. The Hall–Kier alpha value is -0.420. The zero-order valence-corrected chi connectivity index (χ0v) is 21.6. The van der Waals surface area contributed by atoms with Gasteiger partial charge in [-0.25, -0.2) is 4.57 Å². The number of amides is 1. The molecule has 31 heavy (non-hydrogen) atoms. The molecule has 1 unspecified atom stereocenters. The van der Waals surface area contributed by atoms with Crippen LogP contribution < -0.4 is 5.32 Å².